The lowest BCUT2D eigenvalue weighted by Gasteiger charge is -2.36. The Balaban J connectivity index is 2.08. The van der Waals surface area contributed by atoms with Crippen LogP contribution in [0.5, 0.6) is 0 Å². The summed E-state index contributed by atoms with van der Waals surface area (Å²) in [6, 6.07) is 5.44. The zero-order valence-electron chi connectivity index (χ0n) is 14.1. The Morgan fingerprint density at radius 1 is 1.23 bits per heavy atom. The molecule has 5 nitrogen and oxygen atoms in total. The van der Waals surface area contributed by atoms with E-state index in [9.17, 15) is 4.79 Å². The van der Waals surface area contributed by atoms with Crippen LogP contribution in [-0.4, -0.2) is 49.2 Å². The van der Waals surface area contributed by atoms with Crippen LogP contribution in [-0.2, 0) is 4.74 Å². The number of esters is 1. The summed E-state index contributed by atoms with van der Waals surface area (Å²) in [6.07, 6.45) is 0. The molecule has 0 radical (unpaired) electrons. The van der Waals surface area contributed by atoms with Crippen molar-refractivity contribution in [2.24, 2.45) is 0 Å². The minimum absolute atomic E-state index is 0.332. The van der Waals surface area contributed by atoms with Crippen LogP contribution in [0, 0.1) is 0 Å². The van der Waals surface area contributed by atoms with Crippen LogP contribution in [0.2, 0.25) is 0 Å². The molecule has 0 atom stereocenters. The maximum Gasteiger partial charge on any atom is 0.338 e. The summed E-state index contributed by atoms with van der Waals surface area (Å²) in [5.41, 5.74) is 7.80. The molecule has 1 saturated heterocycles. The highest BCUT2D eigenvalue weighted by Gasteiger charge is 2.21. The van der Waals surface area contributed by atoms with Crippen molar-refractivity contribution in [1.29, 1.82) is 0 Å². The van der Waals surface area contributed by atoms with Gasteiger partial charge in [-0.15, -0.1) is 0 Å². The van der Waals surface area contributed by atoms with Gasteiger partial charge in [-0.2, -0.15) is 0 Å². The van der Waals surface area contributed by atoms with E-state index in [1.165, 1.54) is 0 Å². The van der Waals surface area contributed by atoms with Crippen molar-refractivity contribution in [3.05, 3.63) is 23.8 Å². The van der Waals surface area contributed by atoms with Gasteiger partial charge in [0.05, 0.1) is 16.9 Å². The first-order valence-corrected chi connectivity index (χ1v) is 7.90. The van der Waals surface area contributed by atoms with Gasteiger partial charge in [0.25, 0.3) is 0 Å². The van der Waals surface area contributed by atoms with E-state index >= 15 is 0 Å². The van der Waals surface area contributed by atoms with Gasteiger partial charge in [-0.25, -0.2) is 4.79 Å². The molecule has 5 heteroatoms. The molecule has 1 aliphatic heterocycles. The van der Waals surface area contributed by atoms with E-state index in [1.54, 1.807) is 12.1 Å². The highest BCUT2D eigenvalue weighted by molar-refractivity contribution is 5.92. The van der Waals surface area contributed by atoms with Gasteiger partial charge in [0.1, 0.15) is 5.60 Å². The van der Waals surface area contributed by atoms with Gasteiger partial charge < -0.3 is 20.3 Å². The van der Waals surface area contributed by atoms with E-state index in [-0.39, 0.29) is 5.97 Å². The van der Waals surface area contributed by atoms with E-state index in [4.69, 9.17) is 10.5 Å². The molecule has 122 valence electrons. The van der Waals surface area contributed by atoms with Crippen molar-refractivity contribution in [3.63, 3.8) is 0 Å². The molecule has 1 heterocycles. The Labute approximate surface area is 133 Å². The summed E-state index contributed by atoms with van der Waals surface area (Å²) in [4.78, 5) is 16.8. The van der Waals surface area contributed by atoms with Crippen molar-refractivity contribution in [1.82, 2.24) is 4.90 Å². The Morgan fingerprint density at radius 3 is 2.36 bits per heavy atom. The molecular weight excluding hydrogens is 278 g/mol. The fourth-order valence-electron chi connectivity index (χ4n) is 2.61. The fraction of sp³-hybridized carbons (Fsp3) is 0.588. The normalized spacial score (nSPS) is 16.6. The number of nitrogen functional groups attached to an aromatic ring is 1. The van der Waals surface area contributed by atoms with Crippen LogP contribution < -0.4 is 10.6 Å². The monoisotopic (exact) mass is 305 g/mol. The SMILES string of the molecule is CCN1CCN(c2ccc(C(=O)OC(C)(C)C)cc2N)CC1. The average Bonchev–Trinajstić information content (AvgIpc) is 2.45. The van der Waals surface area contributed by atoms with Gasteiger partial charge in [0.15, 0.2) is 0 Å². The van der Waals surface area contributed by atoms with Crippen molar-refractivity contribution in [2.75, 3.05) is 43.4 Å². The predicted octanol–water partition coefficient (Wildman–Crippen LogP) is 2.37. The number of anilines is 2. The highest BCUT2D eigenvalue weighted by Crippen LogP contribution is 2.26. The van der Waals surface area contributed by atoms with Gasteiger partial charge in [-0.3, -0.25) is 0 Å². The summed E-state index contributed by atoms with van der Waals surface area (Å²) >= 11 is 0. The third-order valence-corrected chi connectivity index (χ3v) is 3.82. The number of rotatable bonds is 3. The highest BCUT2D eigenvalue weighted by atomic mass is 16.6. The van der Waals surface area contributed by atoms with E-state index in [2.05, 4.69) is 16.7 Å². The third kappa shape index (κ3) is 4.13. The zero-order chi connectivity index (χ0) is 16.3. The van der Waals surface area contributed by atoms with Crippen molar-refractivity contribution in [2.45, 2.75) is 33.3 Å². The van der Waals surface area contributed by atoms with Crippen LogP contribution in [0.1, 0.15) is 38.1 Å². The van der Waals surface area contributed by atoms with Crippen LogP contribution in [0.25, 0.3) is 0 Å². The summed E-state index contributed by atoms with van der Waals surface area (Å²) in [5, 5.41) is 0. The average molecular weight is 305 g/mol. The van der Waals surface area contributed by atoms with Crippen LogP contribution in [0.4, 0.5) is 11.4 Å². The molecule has 1 aromatic rings. The molecule has 0 saturated carbocycles. The standard InChI is InChI=1S/C17H27N3O2/c1-5-19-8-10-20(11-9-19)15-7-6-13(12-14(15)18)16(21)22-17(2,3)4/h6-7,12H,5,8-11,18H2,1-4H3. The van der Waals surface area contributed by atoms with Crippen LogP contribution in [0.15, 0.2) is 18.2 Å². The molecule has 22 heavy (non-hydrogen) atoms. The molecule has 1 aromatic carbocycles. The van der Waals surface area contributed by atoms with E-state index in [0.717, 1.165) is 38.4 Å². The zero-order valence-corrected chi connectivity index (χ0v) is 14.1. The number of carbonyl (C=O) groups is 1. The largest absolute Gasteiger partial charge is 0.456 e. The number of hydrogen-bond acceptors (Lipinski definition) is 5. The Hall–Kier alpha value is -1.75. The maximum absolute atomic E-state index is 12.1. The minimum atomic E-state index is -0.499. The van der Waals surface area contributed by atoms with E-state index in [0.29, 0.717) is 11.3 Å². The van der Waals surface area contributed by atoms with Gasteiger partial charge in [-0.05, 0) is 45.5 Å². The minimum Gasteiger partial charge on any atom is -0.456 e. The second-order valence-electron chi connectivity index (χ2n) is 6.70. The van der Waals surface area contributed by atoms with Crippen LogP contribution in [0.3, 0.4) is 0 Å². The summed E-state index contributed by atoms with van der Waals surface area (Å²) in [6.45, 7) is 12.9. The topological polar surface area (TPSA) is 58.8 Å². The first-order valence-electron chi connectivity index (χ1n) is 7.90. The molecule has 0 aliphatic carbocycles. The number of nitrogens with zero attached hydrogens (tertiary/aromatic N) is 2. The molecule has 1 aliphatic rings. The molecule has 2 rings (SSSR count). The Morgan fingerprint density at radius 2 is 1.86 bits per heavy atom. The molecule has 0 amide bonds. The molecule has 0 unspecified atom stereocenters. The molecule has 2 N–H and O–H groups in total. The Kier molecular flexibility index (Phi) is 4.96. The number of piperazine rings is 1. The maximum atomic E-state index is 12.1. The molecular formula is C17H27N3O2. The first kappa shape index (κ1) is 16.6. The molecule has 1 fully saturated rings. The van der Waals surface area contributed by atoms with Gasteiger partial charge in [0.2, 0.25) is 0 Å². The van der Waals surface area contributed by atoms with Crippen molar-refractivity contribution < 1.29 is 9.53 Å². The lowest BCUT2D eigenvalue weighted by molar-refractivity contribution is 0.00696. The van der Waals surface area contributed by atoms with Gasteiger partial charge in [-0.1, -0.05) is 6.92 Å². The molecule has 0 spiro atoms. The van der Waals surface area contributed by atoms with Crippen molar-refractivity contribution >= 4 is 17.3 Å². The second kappa shape index (κ2) is 6.57. The summed E-state index contributed by atoms with van der Waals surface area (Å²) < 4.78 is 5.38. The number of likely N-dealkylation sites (N-methyl/N-ethyl adjacent to an activating group) is 1. The summed E-state index contributed by atoms with van der Waals surface area (Å²) in [7, 11) is 0. The third-order valence-electron chi connectivity index (χ3n) is 3.82. The Bertz CT molecular complexity index is 529. The first-order chi connectivity index (χ1) is 10.3. The predicted molar refractivity (Wildman–Crippen MR) is 90.3 cm³/mol. The number of benzene rings is 1. The van der Waals surface area contributed by atoms with Crippen molar-refractivity contribution in [3.8, 4) is 0 Å². The molecule has 0 aromatic heterocycles. The number of carbonyl (C=O) groups excluding carboxylic acids is 1. The molecule has 0 bridgehead atoms. The summed E-state index contributed by atoms with van der Waals surface area (Å²) in [5.74, 6) is -0.332. The van der Waals surface area contributed by atoms with E-state index < -0.39 is 5.60 Å². The quantitative estimate of drug-likeness (QED) is 0.686. The van der Waals surface area contributed by atoms with Gasteiger partial charge in [0, 0.05) is 26.2 Å². The van der Waals surface area contributed by atoms with Gasteiger partial charge >= 0.3 is 5.97 Å². The number of nitrogens with two attached hydrogens (primary N) is 1. The van der Waals surface area contributed by atoms with E-state index in [1.807, 2.05) is 26.8 Å². The smallest absolute Gasteiger partial charge is 0.338 e. The number of ether oxygens (including phenoxy) is 1. The number of hydrogen-bond donors (Lipinski definition) is 1. The van der Waals surface area contributed by atoms with Crippen LogP contribution >= 0.6 is 0 Å². The lowest BCUT2D eigenvalue weighted by atomic mass is 10.1. The second-order valence-corrected chi connectivity index (χ2v) is 6.70. The fourth-order valence-corrected chi connectivity index (χ4v) is 2.61. The lowest BCUT2D eigenvalue weighted by Crippen LogP contribution is -2.46.